The largest absolute Gasteiger partial charge is 0.481 e. The number of hydrogen-bond acceptors (Lipinski definition) is 1. The fourth-order valence-corrected chi connectivity index (χ4v) is 1.60. The van der Waals surface area contributed by atoms with Crippen LogP contribution in [0.25, 0.3) is 0 Å². The van der Waals surface area contributed by atoms with E-state index in [1.165, 1.54) is 19.3 Å². The van der Waals surface area contributed by atoms with Crippen molar-refractivity contribution in [2.45, 2.75) is 39.0 Å². The number of aliphatic carboxylic acids is 1. The summed E-state index contributed by atoms with van der Waals surface area (Å²) in [7, 11) is 0. The van der Waals surface area contributed by atoms with Crippen LogP contribution >= 0.6 is 0 Å². The van der Waals surface area contributed by atoms with Crippen molar-refractivity contribution in [3.63, 3.8) is 0 Å². The van der Waals surface area contributed by atoms with Crippen LogP contribution in [0, 0.1) is 11.8 Å². The number of rotatable bonds is 5. The van der Waals surface area contributed by atoms with Crippen LogP contribution in [-0.4, -0.2) is 11.1 Å². The van der Waals surface area contributed by atoms with Crippen LogP contribution in [0.15, 0.2) is 0 Å². The van der Waals surface area contributed by atoms with Crippen LogP contribution in [0.3, 0.4) is 0 Å². The Labute approximate surface area is 67.6 Å². The average Bonchev–Trinajstić information content (AvgIpc) is 2.62. The van der Waals surface area contributed by atoms with E-state index in [0.29, 0.717) is 12.3 Å². The molecular weight excluding hydrogens is 140 g/mol. The van der Waals surface area contributed by atoms with Crippen LogP contribution in [0.5, 0.6) is 0 Å². The van der Waals surface area contributed by atoms with Gasteiger partial charge in [-0.2, -0.15) is 0 Å². The first-order valence-corrected chi connectivity index (χ1v) is 4.45. The van der Waals surface area contributed by atoms with Crippen LogP contribution in [0.2, 0.25) is 0 Å². The third kappa shape index (κ3) is 2.91. The Morgan fingerprint density at radius 1 is 1.55 bits per heavy atom. The minimum absolute atomic E-state index is 0.397. The van der Waals surface area contributed by atoms with Gasteiger partial charge in [0.1, 0.15) is 0 Å². The smallest absolute Gasteiger partial charge is 0.303 e. The van der Waals surface area contributed by atoms with Crippen molar-refractivity contribution in [1.82, 2.24) is 0 Å². The molecule has 2 nitrogen and oxygen atoms in total. The van der Waals surface area contributed by atoms with E-state index in [1.54, 1.807) is 0 Å². The van der Waals surface area contributed by atoms with Crippen molar-refractivity contribution in [3.05, 3.63) is 0 Å². The first-order valence-electron chi connectivity index (χ1n) is 4.45. The summed E-state index contributed by atoms with van der Waals surface area (Å²) in [6.45, 7) is 2.18. The first-order chi connectivity index (χ1) is 5.24. The van der Waals surface area contributed by atoms with Gasteiger partial charge in [-0.25, -0.2) is 0 Å². The lowest BCUT2D eigenvalue weighted by Gasteiger charge is -1.94. The van der Waals surface area contributed by atoms with Crippen LogP contribution < -0.4 is 0 Å². The molecule has 0 spiro atoms. The molecule has 2 atom stereocenters. The average molecular weight is 156 g/mol. The van der Waals surface area contributed by atoms with Gasteiger partial charge in [0.15, 0.2) is 0 Å². The molecule has 1 rings (SSSR count). The van der Waals surface area contributed by atoms with Gasteiger partial charge in [-0.3, -0.25) is 4.79 Å². The summed E-state index contributed by atoms with van der Waals surface area (Å²) in [4.78, 5) is 10.3. The minimum atomic E-state index is -0.631. The van der Waals surface area contributed by atoms with Crippen molar-refractivity contribution in [2.24, 2.45) is 11.8 Å². The molecule has 0 radical (unpaired) electrons. The van der Waals surface area contributed by atoms with Gasteiger partial charge in [-0.1, -0.05) is 26.2 Å². The maximum atomic E-state index is 10.3. The lowest BCUT2D eigenvalue weighted by Crippen LogP contribution is -1.96. The monoisotopic (exact) mass is 156 g/mol. The third-order valence-corrected chi connectivity index (χ3v) is 2.43. The molecule has 1 N–H and O–H groups in total. The minimum Gasteiger partial charge on any atom is -0.481 e. The molecule has 0 aromatic heterocycles. The number of hydrogen-bond donors (Lipinski definition) is 1. The Morgan fingerprint density at radius 3 is 2.82 bits per heavy atom. The Balaban J connectivity index is 2.02. The quantitative estimate of drug-likeness (QED) is 0.663. The highest BCUT2D eigenvalue weighted by atomic mass is 16.4. The molecule has 0 bridgehead atoms. The molecule has 1 aliphatic rings. The van der Waals surface area contributed by atoms with Gasteiger partial charge in [-0.05, 0) is 18.3 Å². The zero-order valence-corrected chi connectivity index (χ0v) is 7.05. The van der Waals surface area contributed by atoms with E-state index in [0.717, 1.165) is 12.3 Å². The molecule has 1 fully saturated rings. The van der Waals surface area contributed by atoms with E-state index in [4.69, 9.17) is 5.11 Å². The Morgan fingerprint density at radius 2 is 2.27 bits per heavy atom. The normalized spacial score (nSPS) is 28.5. The van der Waals surface area contributed by atoms with Crippen molar-refractivity contribution in [1.29, 1.82) is 0 Å². The highest BCUT2D eigenvalue weighted by Crippen LogP contribution is 2.44. The summed E-state index contributed by atoms with van der Waals surface area (Å²) in [6.07, 6.45) is 5.30. The second-order valence-corrected chi connectivity index (χ2v) is 3.50. The SMILES string of the molecule is CCCC[C@@H]1CC1CC(=O)O. The lowest BCUT2D eigenvalue weighted by atomic mass is 10.1. The molecule has 0 aromatic rings. The van der Waals surface area contributed by atoms with Gasteiger partial charge in [0.2, 0.25) is 0 Å². The Kier molecular flexibility index (Phi) is 2.92. The van der Waals surface area contributed by atoms with Gasteiger partial charge in [0.05, 0.1) is 0 Å². The van der Waals surface area contributed by atoms with Gasteiger partial charge < -0.3 is 5.11 Å². The summed E-state index contributed by atoms with van der Waals surface area (Å²) in [5, 5.41) is 8.47. The second kappa shape index (κ2) is 3.74. The van der Waals surface area contributed by atoms with Gasteiger partial charge >= 0.3 is 5.97 Å². The van der Waals surface area contributed by atoms with Crippen LogP contribution in [-0.2, 0) is 4.79 Å². The van der Waals surface area contributed by atoms with Crippen molar-refractivity contribution in [2.75, 3.05) is 0 Å². The van der Waals surface area contributed by atoms with Gasteiger partial charge in [0, 0.05) is 6.42 Å². The number of carboxylic acids is 1. The Hall–Kier alpha value is -0.530. The molecule has 1 unspecified atom stereocenters. The summed E-state index contributed by atoms with van der Waals surface area (Å²) in [5.74, 6) is 0.624. The van der Waals surface area contributed by atoms with E-state index in [2.05, 4.69) is 6.92 Å². The molecule has 0 aromatic carbocycles. The fourth-order valence-electron chi connectivity index (χ4n) is 1.60. The molecule has 1 aliphatic carbocycles. The van der Waals surface area contributed by atoms with Crippen LogP contribution in [0.1, 0.15) is 39.0 Å². The van der Waals surface area contributed by atoms with Gasteiger partial charge in [0.25, 0.3) is 0 Å². The molecule has 1 saturated carbocycles. The number of unbranched alkanes of at least 4 members (excludes halogenated alkanes) is 1. The predicted octanol–water partition coefficient (Wildman–Crippen LogP) is 2.29. The number of carbonyl (C=O) groups is 1. The predicted molar refractivity (Wildman–Crippen MR) is 43.4 cm³/mol. The van der Waals surface area contributed by atoms with E-state index < -0.39 is 5.97 Å². The summed E-state index contributed by atoms with van der Waals surface area (Å²) >= 11 is 0. The van der Waals surface area contributed by atoms with Crippen molar-refractivity contribution < 1.29 is 9.90 Å². The molecule has 64 valence electrons. The van der Waals surface area contributed by atoms with Crippen LogP contribution in [0.4, 0.5) is 0 Å². The highest BCUT2D eigenvalue weighted by Gasteiger charge is 2.37. The third-order valence-electron chi connectivity index (χ3n) is 2.43. The zero-order chi connectivity index (χ0) is 8.27. The lowest BCUT2D eigenvalue weighted by molar-refractivity contribution is -0.137. The topological polar surface area (TPSA) is 37.3 Å². The standard InChI is InChI=1S/C9H16O2/c1-2-3-4-7-5-8(7)6-9(10)11/h7-8H,2-6H2,1H3,(H,10,11)/t7-,8?/m1/s1. The molecule has 0 heterocycles. The van der Waals surface area contributed by atoms with E-state index in [-0.39, 0.29) is 0 Å². The molecule has 0 amide bonds. The molecule has 2 heteroatoms. The van der Waals surface area contributed by atoms with Crippen molar-refractivity contribution in [3.8, 4) is 0 Å². The maximum absolute atomic E-state index is 10.3. The van der Waals surface area contributed by atoms with E-state index in [9.17, 15) is 4.79 Å². The summed E-state index contributed by atoms with van der Waals surface area (Å²) in [6, 6.07) is 0. The van der Waals surface area contributed by atoms with E-state index in [1.807, 2.05) is 0 Å². The maximum Gasteiger partial charge on any atom is 0.303 e. The molecule has 11 heavy (non-hydrogen) atoms. The summed E-state index contributed by atoms with van der Waals surface area (Å²) in [5.41, 5.74) is 0. The number of carboxylic acid groups (broad SMARTS) is 1. The second-order valence-electron chi connectivity index (χ2n) is 3.50. The van der Waals surface area contributed by atoms with E-state index >= 15 is 0 Å². The molecular formula is C9H16O2. The van der Waals surface area contributed by atoms with Gasteiger partial charge in [-0.15, -0.1) is 0 Å². The Bertz CT molecular complexity index is 142. The highest BCUT2D eigenvalue weighted by molar-refractivity contribution is 5.67. The molecule has 0 saturated heterocycles. The van der Waals surface area contributed by atoms with Crippen molar-refractivity contribution >= 4 is 5.97 Å². The zero-order valence-electron chi connectivity index (χ0n) is 7.05. The first kappa shape index (κ1) is 8.57. The fraction of sp³-hybridized carbons (Fsp3) is 0.889. The summed E-state index contributed by atoms with van der Waals surface area (Å²) < 4.78 is 0. The molecule has 0 aliphatic heterocycles.